The first kappa shape index (κ1) is 16.4. The minimum absolute atomic E-state index is 0.0641. The maximum Gasteiger partial charge on any atom is 0.146 e. The lowest BCUT2D eigenvalue weighted by atomic mass is 10.1. The van der Waals surface area contributed by atoms with E-state index in [1.165, 1.54) is 0 Å². The predicted molar refractivity (Wildman–Crippen MR) is 88.8 cm³/mol. The average molecular weight is 373 g/mol. The fourth-order valence-corrected chi connectivity index (χ4v) is 2.54. The van der Waals surface area contributed by atoms with Gasteiger partial charge in [0.25, 0.3) is 0 Å². The number of ether oxygens (including phenoxy) is 1. The highest BCUT2D eigenvalue weighted by molar-refractivity contribution is 9.10. The topological polar surface area (TPSA) is 34.4 Å². The summed E-state index contributed by atoms with van der Waals surface area (Å²) in [5, 5.41) is 4.11. The van der Waals surface area contributed by atoms with Crippen LogP contribution in [0.4, 0.5) is 0 Å². The van der Waals surface area contributed by atoms with Crippen molar-refractivity contribution in [1.29, 1.82) is 0 Å². The van der Waals surface area contributed by atoms with Gasteiger partial charge < -0.3 is 14.5 Å². The van der Waals surface area contributed by atoms with Crippen LogP contribution in [0.1, 0.15) is 32.1 Å². The Bertz CT molecular complexity index is 605. The maximum atomic E-state index is 5.91. The molecule has 0 fully saturated rings. The number of rotatable bonds is 5. The molecule has 0 atom stereocenters. The summed E-state index contributed by atoms with van der Waals surface area (Å²) in [7, 11) is 0. The van der Waals surface area contributed by atoms with Gasteiger partial charge in [-0.3, -0.25) is 0 Å². The van der Waals surface area contributed by atoms with Crippen LogP contribution >= 0.6 is 27.5 Å². The molecule has 0 radical (unpaired) electrons. The molecule has 2 aromatic rings. The molecule has 114 valence electrons. The van der Waals surface area contributed by atoms with Gasteiger partial charge in [0.05, 0.1) is 10.7 Å². The van der Waals surface area contributed by atoms with Gasteiger partial charge in [-0.25, -0.2) is 0 Å². The van der Waals surface area contributed by atoms with Crippen molar-refractivity contribution in [3.63, 3.8) is 0 Å². The van der Waals surface area contributed by atoms with Crippen LogP contribution in [0.15, 0.2) is 39.4 Å². The molecule has 0 saturated heterocycles. The smallest absolute Gasteiger partial charge is 0.146 e. The van der Waals surface area contributed by atoms with Crippen molar-refractivity contribution in [1.82, 2.24) is 5.32 Å². The molecule has 0 aliphatic rings. The molecular weight excluding hydrogens is 354 g/mol. The molecule has 0 bridgehead atoms. The van der Waals surface area contributed by atoms with Crippen molar-refractivity contribution >= 4 is 27.5 Å². The Kier molecular flexibility index (Phi) is 5.36. The summed E-state index contributed by atoms with van der Waals surface area (Å²) < 4.78 is 12.1. The van der Waals surface area contributed by atoms with Crippen LogP contribution in [0.3, 0.4) is 0 Å². The molecule has 0 spiro atoms. The Hall–Kier alpha value is -0.970. The van der Waals surface area contributed by atoms with E-state index in [1.807, 2.05) is 12.1 Å². The van der Waals surface area contributed by atoms with Gasteiger partial charge in [-0.15, -0.1) is 0 Å². The van der Waals surface area contributed by atoms with E-state index < -0.39 is 0 Å². The van der Waals surface area contributed by atoms with Gasteiger partial charge in [-0.05, 0) is 61.0 Å². The summed E-state index contributed by atoms with van der Waals surface area (Å²) in [5.74, 6) is 1.57. The summed E-state index contributed by atoms with van der Waals surface area (Å²) in [4.78, 5) is 0. The van der Waals surface area contributed by atoms with Crippen LogP contribution < -0.4 is 10.1 Å². The molecule has 1 N–H and O–H groups in total. The molecule has 21 heavy (non-hydrogen) atoms. The number of hydrogen-bond donors (Lipinski definition) is 1. The highest BCUT2D eigenvalue weighted by Gasteiger charge is 2.13. The third-order valence-electron chi connectivity index (χ3n) is 2.90. The largest absolute Gasteiger partial charge is 0.484 e. The summed E-state index contributed by atoms with van der Waals surface area (Å²) in [6.07, 6.45) is 1.69. The number of furan rings is 1. The van der Waals surface area contributed by atoms with Crippen LogP contribution in [0, 0.1) is 0 Å². The van der Waals surface area contributed by atoms with E-state index in [1.54, 1.807) is 18.4 Å². The van der Waals surface area contributed by atoms with Crippen LogP contribution in [0.2, 0.25) is 5.02 Å². The maximum absolute atomic E-state index is 5.91. The van der Waals surface area contributed by atoms with Crippen LogP contribution in [-0.4, -0.2) is 5.54 Å². The van der Waals surface area contributed by atoms with Crippen LogP contribution in [-0.2, 0) is 13.2 Å². The first-order valence-corrected chi connectivity index (χ1v) is 7.90. The van der Waals surface area contributed by atoms with Gasteiger partial charge in [0.15, 0.2) is 0 Å². The summed E-state index contributed by atoms with van der Waals surface area (Å²) in [6.45, 7) is 7.53. The zero-order valence-electron chi connectivity index (χ0n) is 12.4. The fourth-order valence-electron chi connectivity index (χ4n) is 1.75. The third-order valence-corrected chi connectivity index (χ3v) is 3.75. The number of nitrogens with one attached hydrogen (secondary N) is 1. The zero-order valence-corrected chi connectivity index (χ0v) is 14.7. The second-order valence-corrected chi connectivity index (χ2v) is 7.13. The molecule has 1 heterocycles. The lowest BCUT2D eigenvalue weighted by Gasteiger charge is -2.20. The van der Waals surface area contributed by atoms with Crippen LogP contribution in [0.5, 0.6) is 5.75 Å². The summed E-state index contributed by atoms with van der Waals surface area (Å²) >= 11 is 9.35. The van der Waals surface area contributed by atoms with Crippen molar-refractivity contribution in [2.45, 2.75) is 39.5 Å². The standard InChI is InChI=1S/C16H19BrClNO2/c1-16(2,3)19-9-11-6-7-20-15(11)10-21-14-5-4-12(18)8-13(14)17/h4-8,19H,9-10H2,1-3H3. The van der Waals surface area contributed by atoms with E-state index in [9.17, 15) is 0 Å². The van der Waals surface area contributed by atoms with Gasteiger partial charge in [0.1, 0.15) is 18.1 Å². The predicted octanol–water partition coefficient (Wildman–Crippen LogP) is 5.16. The summed E-state index contributed by atoms with van der Waals surface area (Å²) in [6, 6.07) is 7.41. The SMILES string of the molecule is CC(C)(C)NCc1ccoc1COc1ccc(Cl)cc1Br. The molecule has 1 aromatic carbocycles. The second kappa shape index (κ2) is 6.86. The fraction of sp³-hybridized carbons (Fsp3) is 0.375. The first-order valence-electron chi connectivity index (χ1n) is 6.73. The molecule has 0 aliphatic heterocycles. The van der Waals surface area contributed by atoms with Gasteiger partial charge >= 0.3 is 0 Å². The van der Waals surface area contributed by atoms with Crippen molar-refractivity contribution in [3.8, 4) is 5.75 Å². The van der Waals surface area contributed by atoms with Gasteiger partial charge in [0.2, 0.25) is 0 Å². The number of benzene rings is 1. The highest BCUT2D eigenvalue weighted by atomic mass is 79.9. The molecule has 5 heteroatoms. The molecule has 2 rings (SSSR count). The molecular formula is C16H19BrClNO2. The Labute approximate surface area is 138 Å². The molecule has 0 amide bonds. The molecule has 1 aromatic heterocycles. The summed E-state index contributed by atoms with van der Waals surface area (Å²) in [5.41, 5.74) is 1.17. The van der Waals surface area contributed by atoms with E-state index >= 15 is 0 Å². The highest BCUT2D eigenvalue weighted by Crippen LogP contribution is 2.29. The van der Waals surface area contributed by atoms with E-state index in [0.717, 1.165) is 28.1 Å². The molecule has 3 nitrogen and oxygen atoms in total. The third kappa shape index (κ3) is 5.06. The van der Waals surface area contributed by atoms with E-state index in [4.69, 9.17) is 20.8 Å². The molecule has 0 unspecified atom stereocenters. The van der Waals surface area contributed by atoms with E-state index in [2.05, 4.69) is 42.0 Å². The zero-order chi connectivity index (χ0) is 15.5. The minimum atomic E-state index is 0.0641. The normalized spacial score (nSPS) is 11.7. The first-order chi connectivity index (χ1) is 9.85. The monoisotopic (exact) mass is 371 g/mol. The average Bonchev–Trinajstić information content (AvgIpc) is 2.82. The van der Waals surface area contributed by atoms with E-state index in [0.29, 0.717) is 11.6 Å². The van der Waals surface area contributed by atoms with Crippen molar-refractivity contribution in [2.24, 2.45) is 0 Å². The van der Waals surface area contributed by atoms with Gasteiger partial charge in [-0.2, -0.15) is 0 Å². The van der Waals surface area contributed by atoms with E-state index in [-0.39, 0.29) is 5.54 Å². The Morgan fingerprint density at radius 3 is 2.71 bits per heavy atom. The molecule has 0 aliphatic carbocycles. The quantitative estimate of drug-likeness (QED) is 0.787. The lowest BCUT2D eigenvalue weighted by molar-refractivity contribution is 0.266. The number of hydrogen-bond acceptors (Lipinski definition) is 3. The lowest BCUT2D eigenvalue weighted by Crippen LogP contribution is -2.35. The van der Waals surface area contributed by atoms with Crippen LogP contribution in [0.25, 0.3) is 0 Å². The Balaban J connectivity index is 1.99. The Morgan fingerprint density at radius 1 is 1.29 bits per heavy atom. The van der Waals surface area contributed by atoms with Crippen molar-refractivity contribution in [2.75, 3.05) is 0 Å². The molecule has 0 saturated carbocycles. The number of halogens is 2. The minimum Gasteiger partial charge on any atom is -0.484 e. The van der Waals surface area contributed by atoms with Gasteiger partial charge in [0, 0.05) is 22.7 Å². The van der Waals surface area contributed by atoms with Crippen molar-refractivity contribution in [3.05, 3.63) is 51.3 Å². The van der Waals surface area contributed by atoms with Gasteiger partial charge in [-0.1, -0.05) is 11.6 Å². The van der Waals surface area contributed by atoms with Crippen molar-refractivity contribution < 1.29 is 9.15 Å². The second-order valence-electron chi connectivity index (χ2n) is 5.84. The Morgan fingerprint density at radius 2 is 2.05 bits per heavy atom.